The zero-order valence-corrected chi connectivity index (χ0v) is 15.5. The highest BCUT2D eigenvalue weighted by Gasteiger charge is 2.46. The van der Waals surface area contributed by atoms with Crippen molar-refractivity contribution in [1.29, 1.82) is 0 Å². The Balaban J connectivity index is 1.55. The van der Waals surface area contributed by atoms with Gasteiger partial charge < -0.3 is 19.0 Å². The molecule has 0 aromatic carbocycles. The van der Waals surface area contributed by atoms with Gasteiger partial charge in [0, 0.05) is 32.1 Å². The van der Waals surface area contributed by atoms with Gasteiger partial charge in [0.2, 0.25) is 0 Å². The fraction of sp³-hybridized carbons (Fsp3) is 0.667. The molecule has 2 fully saturated rings. The third-order valence-electron chi connectivity index (χ3n) is 6.18. The quantitative estimate of drug-likeness (QED) is 0.795. The van der Waals surface area contributed by atoms with Gasteiger partial charge in [0.25, 0.3) is 0 Å². The summed E-state index contributed by atoms with van der Waals surface area (Å²) in [6.45, 7) is 3.75. The van der Waals surface area contributed by atoms with Crippen LogP contribution in [0.5, 0.6) is 5.75 Å². The van der Waals surface area contributed by atoms with Crippen LogP contribution >= 0.6 is 0 Å². The van der Waals surface area contributed by atoms with E-state index in [1.54, 1.807) is 12.3 Å². The van der Waals surface area contributed by atoms with Crippen LogP contribution in [0.3, 0.4) is 0 Å². The van der Waals surface area contributed by atoms with E-state index in [0.717, 1.165) is 45.3 Å². The maximum Gasteiger partial charge on any atom is 0.346 e. The van der Waals surface area contributed by atoms with Gasteiger partial charge in [-0.3, -0.25) is 0 Å². The molecule has 2 unspecified atom stereocenters. The van der Waals surface area contributed by atoms with Crippen LogP contribution in [0.15, 0.2) is 27.6 Å². The van der Waals surface area contributed by atoms with Crippen LogP contribution in [0.4, 0.5) is 0 Å². The molecule has 0 bridgehead atoms. The minimum atomic E-state index is -0.781. The smallest absolute Gasteiger partial charge is 0.346 e. The minimum Gasteiger partial charge on any atom is -0.507 e. The SMILES string of the molecule is CCCC1(c2c(O)cc(CC3(CC4CCOC4)CC3)oc2=O)CC=CO1. The van der Waals surface area contributed by atoms with E-state index in [1.807, 2.05) is 13.0 Å². The Labute approximate surface area is 154 Å². The summed E-state index contributed by atoms with van der Waals surface area (Å²) in [5.41, 5.74) is -0.759. The van der Waals surface area contributed by atoms with Crippen molar-refractivity contribution in [3.63, 3.8) is 0 Å². The van der Waals surface area contributed by atoms with Gasteiger partial charge in [-0.05, 0) is 49.5 Å². The molecular weight excluding hydrogens is 332 g/mol. The molecule has 1 aromatic rings. The summed E-state index contributed by atoms with van der Waals surface area (Å²) in [6.07, 6.45) is 10.9. The second-order valence-corrected chi connectivity index (χ2v) is 8.31. The molecule has 1 saturated carbocycles. The van der Waals surface area contributed by atoms with Gasteiger partial charge in [-0.2, -0.15) is 0 Å². The summed E-state index contributed by atoms with van der Waals surface area (Å²) in [7, 11) is 0. The molecule has 0 spiro atoms. The monoisotopic (exact) mass is 360 g/mol. The average molecular weight is 360 g/mol. The van der Waals surface area contributed by atoms with Gasteiger partial charge >= 0.3 is 5.63 Å². The molecule has 3 aliphatic rings. The van der Waals surface area contributed by atoms with Crippen molar-refractivity contribution in [2.75, 3.05) is 13.2 Å². The fourth-order valence-corrected chi connectivity index (χ4v) is 4.71. The van der Waals surface area contributed by atoms with Crippen LogP contribution in [0.1, 0.15) is 63.2 Å². The van der Waals surface area contributed by atoms with Gasteiger partial charge in [-0.1, -0.05) is 13.3 Å². The lowest BCUT2D eigenvalue weighted by atomic mass is 9.86. The molecule has 1 aliphatic carbocycles. The number of hydrogen-bond donors (Lipinski definition) is 1. The van der Waals surface area contributed by atoms with E-state index >= 15 is 0 Å². The molecule has 3 heterocycles. The van der Waals surface area contributed by atoms with E-state index in [0.29, 0.717) is 30.9 Å². The van der Waals surface area contributed by atoms with Crippen molar-refractivity contribution in [3.05, 3.63) is 40.1 Å². The van der Waals surface area contributed by atoms with E-state index in [2.05, 4.69) is 0 Å². The predicted octanol–water partition coefficient (Wildman–Crippen LogP) is 4.02. The maximum atomic E-state index is 12.7. The van der Waals surface area contributed by atoms with Crippen molar-refractivity contribution >= 4 is 0 Å². The summed E-state index contributed by atoms with van der Waals surface area (Å²) in [5, 5.41) is 10.6. The molecule has 26 heavy (non-hydrogen) atoms. The molecule has 5 nitrogen and oxygen atoms in total. The first-order valence-electron chi connectivity index (χ1n) is 9.83. The van der Waals surface area contributed by atoms with E-state index in [9.17, 15) is 9.90 Å². The van der Waals surface area contributed by atoms with Crippen molar-refractivity contribution in [2.45, 2.75) is 63.9 Å². The Morgan fingerprint density at radius 1 is 1.35 bits per heavy atom. The Kier molecular flexibility index (Phi) is 4.59. The molecular formula is C21H28O5. The Hall–Kier alpha value is -1.75. The zero-order valence-electron chi connectivity index (χ0n) is 15.5. The lowest BCUT2D eigenvalue weighted by molar-refractivity contribution is 0.0257. The standard InChI is InChI=1S/C21H28O5/c1-2-5-21(6-3-9-25-21)18-17(22)11-16(26-19(18)23)13-20(7-8-20)12-15-4-10-24-14-15/h3,9,11,15,22H,2,4-8,10,12-14H2,1H3. The number of rotatable bonds is 7. The molecule has 0 radical (unpaired) electrons. The molecule has 5 heteroatoms. The minimum absolute atomic E-state index is 0.00778. The highest BCUT2D eigenvalue weighted by molar-refractivity contribution is 5.37. The number of ether oxygens (including phenoxy) is 2. The zero-order chi connectivity index (χ0) is 18.2. The Morgan fingerprint density at radius 2 is 2.19 bits per heavy atom. The fourth-order valence-electron chi connectivity index (χ4n) is 4.71. The lowest BCUT2D eigenvalue weighted by Gasteiger charge is -2.28. The second-order valence-electron chi connectivity index (χ2n) is 8.31. The summed E-state index contributed by atoms with van der Waals surface area (Å²) in [5.74, 6) is 1.21. The van der Waals surface area contributed by atoms with Crippen LogP contribution < -0.4 is 5.63 Å². The van der Waals surface area contributed by atoms with E-state index in [-0.39, 0.29) is 16.7 Å². The van der Waals surface area contributed by atoms with Crippen LogP contribution in [0.25, 0.3) is 0 Å². The third kappa shape index (κ3) is 3.29. The average Bonchev–Trinajstić information content (AvgIpc) is 2.99. The topological polar surface area (TPSA) is 68.9 Å². The molecule has 2 atom stereocenters. The van der Waals surface area contributed by atoms with Gasteiger partial charge in [0.1, 0.15) is 22.7 Å². The molecule has 2 aliphatic heterocycles. The summed E-state index contributed by atoms with van der Waals surface area (Å²) < 4.78 is 16.9. The number of hydrogen-bond acceptors (Lipinski definition) is 5. The molecule has 142 valence electrons. The van der Waals surface area contributed by atoms with Crippen LogP contribution in [0, 0.1) is 11.3 Å². The molecule has 1 saturated heterocycles. The van der Waals surface area contributed by atoms with Crippen LogP contribution in [-0.4, -0.2) is 18.3 Å². The summed E-state index contributed by atoms with van der Waals surface area (Å²) in [4.78, 5) is 12.7. The molecule has 1 aromatic heterocycles. The third-order valence-corrected chi connectivity index (χ3v) is 6.18. The van der Waals surface area contributed by atoms with Crippen molar-refractivity contribution in [2.24, 2.45) is 11.3 Å². The van der Waals surface area contributed by atoms with Crippen molar-refractivity contribution in [1.82, 2.24) is 0 Å². The summed E-state index contributed by atoms with van der Waals surface area (Å²) >= 11 is 0. The Bertz CT molecular complexity index is 729. The molecule has 4 rings (SSSR count). The molecule has 0 amide bonds. The van der Waals surface area contributed by atoms with E-state index in [1.165, 1.54) is 0 Å². The predicted molar refractivity (Wildman–Crippen MR) is 97.0 cm³/mol. The number of aromatic hydroxyl groups is 1. The van der Waals surface area contributed by atoms with Crippen molar-refractivity contribution in [3.8, 4) is 5.75 Å². The highest BCUT2D eigenvalue weighted by atomic mass is 16.5. The lowest BCUT2D eigenvalue weighted by Crippen LogP contribution is -2.31. The summed E-state index contributed by atoms with van der Waals surface area (Å²) in [6, 6.07) is 1.64. The first-order chi connectivity index (χ1) is 12.6. The first kappa shape index (κ1) is 17.7. The van der Waals surface area contributed by atoms with Crippen LogP contribution in [0.2, 0.25) is 0 Å². The first-order valence-corrected chi connectivity index (χ1v) is 9.83. The normalized spacial score (nSPS) is 29.0. The van der Waals surface area contributed by atoms with Gasteiger partial charge in [0.05, 0.1) is 6.26 Å². The van der Waals surface area contributed by atoms with Gasteiger partial charge in [-0.15, -0.1) is 0 Å². The van der Waals surface area contributed by atoms with E-state index < -0.39 is 11.2 Å². The largest absolute Gasteiger partial charge is 0.507 e. The van der Waals surface area contributed by atoms with E-state index in [4.69, 9.17) is 13.9 Å². The second kappa shape index (κ2) is 6.76. The Morgan fingerprint density at radius 3 is 2.77 bits per heavy atom. The van der Waals surface area contributed by atoms with Crippen molar-refractivity contribution < 1.29 is 19.0 Å². The van der Waals surface area contributed by atoms with Gasteiger partial charge in [-0.25, -0.2) is 4.79 Å². The molecule has 1 N–H and O–H groups in total. The highest BCUT2D eigenvalue weighted by Crippen LogP contribution is 2.54. The van der Waals surface area contributed by atoms with Gasteiger partial charge in [0.15, 0.2) is 0 Å². The van der Waals surface area contributed by atoms with Crippen LogP contribution in [-0.2, 0) is 21.5 Å². The maximum absolute atomic E-state index is 12.7.